The monoisotopic (exact) mass is 337 g/mol. The van der Waals surface area contributed by atoms with Crippen molar-refractivity contribution in [3.63, 3.8) is 0 Å². The normalized spacial score (nSPS) is 15.0. The second-order valence-electron chi connectivity index (χ2n) is 5.31. The van der Waals surface area contributed by atoms with E-state index in [-0.39, 0.29) is 17.9 Å². The summed E-state index contributed by atoms with van der Waals surface area (Å²) in [6.07, 6.45) is 1.56. The smallest absolute Gasteiger partial charge is 0.326 e. The van der Waals surface area contributed by atoms with Crippen molar-refractivity contribution in [2.24, 2.45) is 0 Å². The number of rotatable bonds is 5. The Morgan fingerprint density at radius 3 is 2.24 bits per heavy atom. The Labute approximate surface area is 142 Å². The fourth-order valence-corrected chi connectivity index (χ4v) is 2.21. The summed E-state index contributed by atoms with van der Waals surface area (Å²) in [4.78, 5) is 33.2. The maximum Gasteiger partial charge on any atom is 0.326 e. The quantitative estimate of drug-likeness (QED) is 0.620. The summed E-state index contributed by atoms with van der Waals surface area (Å²) in [5, 5.41) is 15.2. The van der Waals surface area contributed by atoms with Crippen LogP contribution in [0.4, 0.5) is 4.79 Å². The fraction of sp³-hybridized carbons (Fsp3) is 0.0556. The average molecular weight is 337 g/mol. The Balaban J connectivity index is 1.61. The van der Waals surface area contributed by atoms with Crippen LogP contribution in [-0.2, 0) is 11.4 Å². The van der Waals surface area contributed by atoms with Crippen LogP contribution in [0.5, 0.6) is 5.75 Å². The number of aromatic carboxylic acids is 1. The molecule has 0 atom stereocenters. The first-order valence-electron chi connectivity index (χ1n) is 7.38. The van der Waals surface area contributed by atoms with Crippen LogP contribution in [0.3, 0.4) is 0 Å². The van der Waals surface area contributed by atoms with E-state index in [0.717, 1.165) is 11.1 Å². The zero-order valence-corrected chi connectivity index (χ0v) is 12.9. The Morgan fingerprint density at radius 1 is 1.00 bits per heavy atom. The maximum absolute atomic E-state index is 11.5. The van der Waals surface area contributed by atoms with Crippen LogP contribution in [0, 0.1) is 0 Å². The molecule has 1 fully saturated rings. The molecule has 0 radical (unpaired) electrons. The van der Waals surface area contributed by atoms with Gasteiger partial charge in [-0.15, -0.1) is 0 Å². The Morgan fingerprint density at radius 2 is 1.68 bits per heavy atom. The molecule has 3 rings (SSSR count). The molecule has 0 saturated carbocycles. The van der Waals surface area contributed by atoms with Gasteiger partial charge in [0.1, 0.15) is 18.1 Å². The lowest BCUT2D eigenvalue weighted by atomic mass is 10.1. The highest BCUT2D eigenvalue weighted by atomic mass is 16.5. The van der Waals surface area contributed by atoms with Crippen LogP contribution in [-0.4, -0.2) is 17.9 Å². The molecular weight excluding hydrogens is 324 g/mol. The number of carboxylic acids is 1. The average Bonchev–Trinajstić information content (AvgIpc) is 2.92. The predicted molar refractivity (Wildman–Crippen MR) is 86.2 cm³/mol. The number of ether oxygens (including phenoxy) is 1. The molecule has 1 heterocycles. The van der Waals surface area contributed by atoms with E-state index < -0.39 is 17.9 Å². The molecule has 126 valence electrons. The van der Waals surface area contributed by atoms with E-state index in [9.17, 15) is 19.5 Å². The third-order valence-electron chi connectivity index (χ3n) is 3.51. The second kappa shape index (κ2) is 6.88. The summed E-state index contributed by atoms with van der Waals surface area (Å²) in [7, 11) is 0. The highest BCUT2D eigenvalue weighted by Gasteiger charge is 2.22. The van der Waals surface area contributed by atoms with Crippen LogP contribution < -0.4 is 20.5 Å². The van der Waals surface area contributed by atoms with E-state index in [1.165, 1.54) is 12.1 Å². The van der Waals surface area contributed by atoms with Crippen molar-refractivity contribution in [2.45, 2.75) is 6.61 Å². The maximum atomic E-state index is 11.5. The molecule has 0 aromatic heterocycles. The molecule has 7 heteroatoms. The van der Waals surface area contributed by atoms with Crippen molar-refractivity contribution in [1.29, 1.82) is 0 Å². The number of hydrogen-bond donors (Lipinski definition) is 2. The molecule has 1 aliphatic heterocycles. The number of carbonyl (C=O) groups excluding carboxylic acids is 3. The number of benzene rings is 2. The summed E-state index contributed by atoms with van der Waals surface area (Å²) in [6, 6.07) is 12.7. The standard InChI is InChI=1S/C18H14N2O5/c21-16-15(19-18(24)20-16)9-11-3-7-14(8-4-11)25-10-12-1-5-13(6-2-12)17(22)23/h1-9H,10H2,(H,22,23)(H2,19,20,21,24)/p-1/b15-9-. The van der Waals surface area contributed by atoms with Gasteiger partial charge >= 0.3 is 6.03 Å². The molecule has 0 aliphatic carbocycles. The van der Waals surface area contributed by atoms with Gasteiger partial charge in [-0.2, -0.15) is 0 Å². The molecule has 2 N–H and O–H groups in total. The van der Waals surface area contributed by atoms with E-state index in [1.54, 1.807) is 42.5 Å². The van der Waals surface area contributed by atoms with Crippen molar-refractivity contribution < 1.29 is 24.2 Å². The van der Waals surface area contributed by atoms with Gasteiger partial charge < -0.3 is 20.0 Å². The van der Waals surface area contributed by atoms with Crippen molar-refractivity contribution in [1.82, 2.24) is 10.6 Å². The van der Waals surface area contributed by atoms with Crippen LogP contribution in [0.1, 0.15) is 21.5 Å². The first kappa shape index (κ1) is 16.3. The number of carboxylic acid groups (broad SMARTS) is 1. The predicted octanol–water partition coefficient (Wildman–Crippen LogP) is 0.809. The second-order valence-corrected chi connectivity index (χ2v) is 5.31. The summed E-state index contributed by atoms with van der Waals surface area (Å²) in [6.45, 7) is 0.284. The van der Waals surface area contributed by atoms with Crippen molar-refractivity contribution in [2.75, 3.05) is 0 Å². The van der Waals surface area contributed by atoms with E-state index >= 15 is 0 Å². The van der Waals surface area contributed by atoms with Crippen molar-refractivity contribution in [3.8, 4) is 5.75 Å². The SMILES string of the molecule is O=C1NC(=O)/C(=C/c2ccc(OCc3ccc(C(=O)[O-])cc3)cc2)N1. The molecule has 0 unspecified atom stereocenters. The molecule has 1 saturated heterocycles. The lowest BCUT2D eigenvalue weighted by molar-refractivity contribution is -0.255. The molecule has 3 amide bonds. The lowest BCUT2D eigenvalue weighted by Gasteiger charge is -2.08. The molecule has 0 spiro atoms. The number of nitrogens with one attached hydrogen (secondary N) is 2. The largest absolute Gasteiger partial charge is 0.545 e. The number of urea groups is 1. The first-order valence-corrected chi connectivity index (χ1v) is 7.38. The molecular formula is C18H13N2O5-. The summed E-state index contributed by atoms with van der Waals surface area (Å²) in [5.74, 6) is -1.07. The third-order valence-corrected chi connectivity index (χ3v) is 3.51. The molecule has 1 aliphatic rings. The number of hydrogen-bond acceptors (Lipinski definition) is 5. The van der Waals surface area contributed by atoms with Crippen molar-refractivity contribution in [3.05, 3.63) is 70.9 Å². The minimum atomic E-state index is -1.22. The van der Waals surface area contributed by atoms with E-state index in [4.69, 9.17) is 4.74 Å². The summed E-state index contributed by atoms with van der Waals surface area (Å²) < 4.78 is 5.62. The number of amides is 3. The fourth-order valence-electron chi connectivity index (χ4n) is 2.21. The molecule has 0 bridgehead atoms. The van der Waals surface area contributed by atoms with Gasteiger partial charge in [0.25, 0.3) is 5.91 Å². The first-order chi connectivity index (χ1) is 12.0. The Hall–Kier alpha value is -3.61. The summed E-state index contributed by atoms with van der Waals surface area (Å²) >= 11 is 0. The van der Waals surface area contributed by atoms with E-state index in [0.29, 0.717) is 5.75 Å². The molecule has 7 nitrogen and oxygen atoms in total. The highest BCUT2D eigenvalue weighted by Crippen LogP contribution is 2.16. The van der Waals surface area contributed by atoms with Gasteiger partial charge in [-0.1, -0.05) is 36.4 Å². The third kappa shape index (κ3) is 4.03. The van der Waals surface area contributed by atoms with Gasteiger partial charge in [0.2, 0.25) is 0 Å². The van der Waals surface area contributed by atoms with Gasteiger partial charge in [0.05, 0.1) is 5.97 Å². The van der Waals surface area contributed by atoms with Gasteiger partial charge in [0, 0.05) is 0 Å². The van der Waals surface area contributed by atoms with E-state index in [1.807, 2.05) is 0 Å². The Bertz CT molecular complexity index is 854. The number of carbonyl (C=O) groups is 3. The summed E-state index contributed by atoms with van der Waals surface area (Å²) in [5.41, 5.74) is 1.86. The minimum Gasteiger partial charge on any atom is -0.545 e. The van der Waals surface area contributed by atoms with Gasteiger partial charge in [-0.05, 0) is 34.9 Å². The van der Waals surface area contributed by atoms with Gasteiger partial charge in [-0.25, -0.2) is 4.79 Å². The van der Waals surface area contributed by atoms with Gasteiger partial charge in [-0.3, -0.25) is 10.1 Å². The Kier molecular flexibility index (Phi) is 4.47. The molecule has 2 aromatic rings. The molecule has 25 heavy (non-hydrogen) atoms. The minimum absolute atomic E-state index is 0.115. The van der Waals surface area contributed by atoms with Crippen LogP contribution in [0.25, 0.3) is 6.08 Å². The topological polar surface area (TPSA) is 108 Å². The van der Waals surface area contributed by atoms with Crippen LogP contribution in [0.15, 0.2) is 54.2 Å². The highest BCUT2D eigenvalue weighted by molar-refractivity contribution is 6.13. The van der Waals surface area contributed by atoms with Crippen molar-refractivity contribution >= 4 is 24.0 Å². The number of imide groups is 1. The molecule has 2 aromatic carbocycles. The van der Waals surface area contributed by atoms with Crippen LogP contribution >= 0.6 is 0 Å². The van der Waals surface area contributed by atoms with Gasteiger partial charge in [0.15, 0.2) is 0 Å². The van der Waals surface area contributed by atoms with E-state index in [2.05, 4.69) is 10.6 Å². The zero-order valence-electron chi connectivity index (χ0n) is 12.9. The van der Waals surface area contributed by atoms with Crippen LogP contribution in [0.2, 0.25) is 0 Å². The zero-order chi connectivity index (χ0) is 17.8. The lowest BCUT2D eigenvalue weighted by Crippen LogP contribution is -2.22.